The Balaban J connectivity index is 1.89. The topological polar surface area (TPSA) is 92.3 Å². The van der Waals surface area contributed by atoms with E-state index in [1.807, 2.05) is 13.8 Å². The lowest BCUT2D eigenvalue weighted by molar-refractivity contribution is -0.118. The van der Waals surface area contributed by atoms with E-state index in [1.54, 1.807) is 12.1 Å². The van der Waals surface area contributed by atoms with Crippen molar-refractivity contribution in [3.63, 3.8) is 0 Å². The van der Waals surface area contributed by atoms with Crippen molar-refractivity contribution < 1.29 is 22.4 Å². The van der Waals surface area contributed by atoms with Crippen molar-refractivity contribution in [3.05, 3.63) is 53.8 Å². The fraction of sp³-hybridized carbons (Fsp3) is 0.263. The standard InChI is InChI=1S/C19H19FN2O4S/c1-11(2)18(12-3-5-13(20)6-4-12)19(24)21-14-7-8-15-16(9-14)27(25,26)10-17(23)22-15/h3-9,11,18H,10H2,1-2H3,(H,21,24)(H,22,23). The number of benzene rings is 2. The maximum atomic E-state index is 13.2. The number of hydrogen-bond acceptors (Lipinski definition) is 4. The highest BCUT2D eigenvalue weighted by Gasteiger charge is 2.30. The van der Waals surface area contributed by atoms with Crippen LogP contribution in [-0.2, 0) is 19.4 Å². The number of rotatable bonds is 4. The Morgan fingerprint density at radius 2 is 1.81 bits per heavy atom. The summed E-state index contributed by atoms with van der Waals surface area (Å²) in [5.41, 5.74) is 1.18. The Labute approximate surface area is 156 Å². The van der Waals surface area contributed by atoms with Gasteiger partial charge in [-0.1, -0.05) is 26.0 Å². The number of amides is 2. The van der Waals surface area contributed by atoms with Crippen molar-refractivity contribution in [2.75, 3.05) is 16.4 Å². The molecule has 0 saturated carbocycles. The zero-order valence-corrected chi connectivity index (χ0v) is 15.6. The van der Waals surface area contributed by atoms with Crippen LogP contribution in [0.25, 0.3) is 0 Å². The highest BCUT2D eigenvalue weighted by atomic mass is 32.2. The highest BCUT2D eigenvalue weighted by molar-refractivity contribution is 7.92. The molecule has 1 heterocycles. The van der Waals surface area contributed by atoms with Gasteiger partial charge in [0.05, 0.1) is 16.5 Å². The summed E-state index contributed by atoms with van der Waals surface area (Å²) in [7, 11) is -3.75. The number of fused-ring (bicyclic) bond motifs is 1. The Morgan fingerprint density at radius 3 is 2.44 bits per heavy atom. The Morgan fingerprint density at radius 1 is 1.15 bits per heavy atom. The van der Waals surface area contributed by atoms with Crippen LogP contribution in [-0.4, -0.2) is 26.0 Å². The molecule has 1 aliphatic rings. The molecule has 2 aromatic rings. The molecule has 0 aliphatic carbocycles. The second kappa shape index (κ2) is 7.11. The maximum absolute atomic E-state index is 13.2. The highest BCUT2D eigenvalue weighted by Crippen LogP contribution is 2.31. The Hall–Kier alpha value is -2.74. The maximum Gasteiger partial charge on any atom is 0.239 e. The molecular formula is C19H19FN2O4S. The van der Waals surface area contributed by atoms with Gasteiger partial charge in [-0.25, -0.2) is 12.8 Å². The summed E-state index contributed by atoms with van der Waals surface area (Å²) in [4.78, 5) is 24.2. The van der Waals surface area contributed by atoms with E-state index < -0.39 is 27.4 Å². The van der Waals surface area contributed by atoms with Gasteiger partial charge in [0.2, 0.25) is 11.8 Å². The van der Waals surface area contributed by atoms with Crippen molar-refractivity contribution in [2.45, 2.75) is 24.7 Å². The smallest absolute Gasteiger partial charge is 0.239 e. The van der Waals surface area contributed by atoms with Crippen LogP contribution in [0.5, 0.6) is 0 Å². The average molecular weight is 390 g/mol. The van der Waals surface area contributed by atoms with Crippen LogP contribution in [0.4, 0.5) is 15.8 Å². The summed E-state index contributed by atoms with van der Waals surface area (Å²) in [5, 5.41) is 5.23. The van der Waals surface area contributed by atoms with Crippen molar-refractivity contribution in [3.8, 4) is 0 Å². The summed E-state index contributed by atoms with van der Waals surface area (Å²) in [6, 6.07) is 10.0. The zero-order valence-electron chi connectivity index (χ0n) is 14.8. The average Bonchev–Trinajstić information content (AvgIpc) is 2.56. The van der Waals surface area contributed by atoms with E-state index >= 15 is 0 Å². The molecule has 142 valence electrons. The minimum absolute atomic E-state index is 0.0252. The van der Waals surface area contributed by atoms with Crippen LogP contribution in [0.2, 0.25) is 0 Å². The van der Waals surface area contributed by atoms with Gasteiger partial charge in [-0.2, -0.15) is 0 Å². The second-order valence-electron chi connectivity index (χ2n) is 6.78. The van der Waals surface area contributed by atoms with Gasteiger partial charge in [0.25, 0.3) is 0 Å². The van der Waals surface area contributed by atoms with Crippen LogP contribution >= 0.6 is 0 Å². The van der Waals surface area contributed by atoms with Crippen LogP contribution < -0.4 is 10.6 Å². The molecular weight excluding hydrogens is 371 g/mol. The van der Waals surface area contributed by atoms with Crippen molar-refractivity contribution in [2.24, 2.45) is 5.92 Å². The van der Waals surface area contributed by atoms with Crippen molar-refractivity contribution >= 4 is 33.0 Å². The number of sulfone groups is 1. The summed E-state index contributed by atoms with van der Waals surface area (Å²) in [6.07, 6.45) is 0. The monoisotopic (exact) mass is 390 g/mol. The van der Waals surface area contributed by atoms with E-state index in [1.165, 1.54) is 30.3 Å². The molecule has 1 atom stereocenters. The number of nitrogens with one attached hydrogen (secondary N) is 2. The third-order valence-electron chi connectivity index (χ3n) is 4.36. The molecule has 2 N–H and O–H groups in total. The molecule has 0 saturated heterocycles. The van der Waals surface area contributed by atoms with E-state index in [4.69, 9.17) is 0 Å². The summed E-state index contributed by atoms with van der Waals surface area (Å²) in [6.45, 7) is 3.75. The number of hydrogen-bond donors (Lipinski definition) is 2. The lowest BCUT2D eigenvalue weighted by Crippen LogP contribution is -2.29. The van der Waals surface area contributed by atoms with E-state index in [0.717, 1.165) is 0 Å². The normalized spacial score (nSPS) is 16.4. The minimum atomic E-state index is -3.75. The van der Waals surface area contributed by atoms with E-state index in [9.17, 15) is 22.4 Å². The predicted octanol–water partition coefficient (Wildman–Crippen LogP) is 2.93. The molecule has 1 aliphatic heterocycles. The fourth-order valence-electron chi connectivity index (χ4n) is 3.13. The third kappa shape index (κ3) is 4.00. The second-order valence-corrected chi connectivity index (χ2v) is 8.74. The first-order valence-corrected chi connectivity index (χ1v) is 10.1. The number of carbonyl (C=O) groups is 2. The Kier molecular flexibility index (Phi) is 5.01. The van der Waals surface area contributed by atoms with Gasteiger partial charge in [-0.3, -0.25) is 9.59 Å². The van der Waals surface area contributed by atoms with Crippen LogP contribution in [0.3, 0.4) is 0 Å². The van der Waals surface area contributed by atoms with E-state index in [2.05, 4.69) is 10.6 Å². The molecule has 2 aromatic carbocycles. The van der Waals surface area contributed by atoms with Crippen LogP contribution in [0.15, 0.2) is 47.4 Å². The van der Waals surface area contributed by atoms with Gasteiger partial charge < -0.3 is 10.6 Å². The summed E-state index contributed by atoms with van der Waals surface area (Å²) >= 11 is 0. The SMILES string of the molecule is CC(C)C(C(=O)Nc1ccc2c(c1)S(=O)(=O)CC(=O)N2)c1ccc(F)cc1. The molecule has 0 radical (unpaired) electrons. The lowest BCUT2D eigenvalue weighted by Gasteiger charge is -2.22. The van der Waals surface area contributed by atoms with Crippen LogP contribution in [0, 0.1) is 11.7 Å². The molecule has 0 fully saturated rings. The third-order valence-corrected chi connectivity index (χ3v) is 6.01. The van der Waals surface area contributed by atoms with Gasteiger partial charge in [0, 0.05) is 5.69 Å². The summed E-state index contributed by atoms with van der Waals surface area (Å²) in [5.74, 6) is -2.51. The van der Waals surface area contributed by atoms with Gasteiger partial charge in [-0.15, -0.1) is 0 Å². The molecule has 6 nitrogen and oxygen atoms in total. The molecule has 1 unspecified atom stereocenters. The molecule has 8 heteroatoms. The van der Waals surface area contributed by atoms with E-state index in [0.29, 0.717) is 11.3 Å². The molecule has 0 spiro atoms. The molecule has 0 bridgehead atoms. The van der Waals surface area contributed by atoms with Crippen molar-refractivity contribution in [1.29, 1.82) is 0 Å². The zero-order chi connectivity index (χ0) is 19.8. The molecule has 0 aromatic heterocycles. The molecule has 3 rings (SSSR count). The number of anilines is 2. The number of halogens is 1. The van der Waals surface area contributed by atoms with E-state index in [-0.39, 0.29) is 28.2 Å². The first-order valence-electron chi connectivity index (χ1n) is 8.40. The van der Waals surface area contributed by atoms with Crippen molar-refractivity contribution in [1.82, 2.24) is 0 Å². The predicted molar refractivity (Wildman–Crippen MR) is 99.7 cm³/mol. The first kappa shape index (κ1) is 19.0. The van der Waals surface area contributed by atoms with Gasteiger partial charge in [-0.05, 0) is 41.8 Å². The minimum Gasteiger partial charge on any atom is -0.326 e. The first-order chi connectivity index (χ1) is 12.7. The Bertz CT molecular complexity index is 1000. The van der Waals surface area contributed by atoms with Crippen LogP contribution in [0.1, 0.15) is 25.3 Å². The largest absolute Gasteiger partial charge is 0.326 e. The van der Waals surface area contributed by atoms with Gasteiger partial charge in [0.15, 0.2) is 9.84 Å². The van der Waals surface area contributed by atoms with Gasteiger partial charge >= 0.3 is 0 Å². The molecule has 27 heavy (non-hydrogen) atoms. The quantitative estimate of drug-likeness (QED) is 0.840. The molecule has 2 amide bonds. The lowest BCUT2D eigenvalue weighted by atomic mass is 9.87. The number of carbonyl (C=O) groups excluding carboxylic acids is 2. The van der Waals surface area contributed by atoms with Gasteiger partial charge in [0.1, 0.15) is 11.6 Å². The fourth-order valence-corrected chi connectivity index (χ4v) is 4.46. The summed E-state index contributed by atoms with van der Waals surface area (Å²) < 4.78 is 37.6.